The molecule has 0 aliphatic carbocycles. The van der Waals surface area contributed by atoms with Gasteiger partial charge in [-0.05, 0) is 35.9 Å². The number of fused-ring (bicyclic) bond motifs is 2. The van der Waals surface area contributed by atoms with E-state index in [9.17, 15) is 14.7 Å². The zero-order chi connectivity index (χ0) is 17.0. The Kier molecular flexibility index (Phi) is 3.15. The van der Waals surface area contributed by atoms with Crippen LogP contribution in [0.3, 0.4) is 0 Å². The fraction of sp³-hybridized carbons (Fsp3) is 0.111. The van der Waals surface area contributed by atoms with Crippen molar-refractivity contribution in [2.24, 2.45) is 0 Å². The zero-order valence-electron chi connectivity index (χ0n) is 12.6. The molecule has 2 heterocycles. The molecule has 0 radical (unpaired) electrons. The first kappa shape index (κ1) is 14.8. The molecule has 0 saturated carbocycles. The van der Waals surface area contributed by atoms with Crippen molar-refractivity contribution in [3.05, 3.63) is 74.6 Å². The zero-order valence-corrected chi connectivity index (χ0v) is 13.4. The molecular weight excluding hydrogens is 330 g/mol. The summed E-state index contributed by atoms with van der Waals surface area (Å²) in [6, 6.07) is 10.6. The third kappa shape index (κ3) is 2.02. The lowest BCUT2D eigenvalue weighted by Gasteiger charge is -2.20. The van der Waals surface area contributed by atoms with Crippen LogP contribution in [0.15, 0.2) is 51.7 Å². The standard InChI is InChI=1S/C18H12ClNO4/c1-20-15(9-2-5-11(21)6-3-9)14-16(22)12-8-10(19)4-7-13(12)24-17(14)18(20)23/h2-8,15,21H,1H3/t15-/m0/s1. The van der Waals surface area contributed by atoms with Crippen molar-refractivity contribution < 1.29 is 14.3 Å². The number of benzene rings is 2. The number of phenols is 1. The Balaban J connectivity index is 2.03. The van der Waals surface area contributed by atoms with Crippen LogP contribution in [-0.2, 0) is 0 Å². The highest BCUT2D eigenvalue weighted by atomic mass is 35.5. The molecule has 24 heavy (non-hydrogen) atoms. The second-order valence-corrected chi connectivity index (χ2v) is 6.16. The van der Waals surface area contributed by atoms with Crippen molar-refractivity contribution in [3.63, 3.8) is 0 Å². The average Bonchev–Trinajstić information content (AvgIpc) is 2.82. The van der Waals surface area contributed by atoms with Gasteiger partial charge >= 0.3 is 0 Å². The lowest BCUT2D eigenvalue weighted by Crippen LogP contribution is -2.25. The molecule has 1 aliphatic rings. The SMILES string of the molecule is CN1C(=O)c2oc3ccc(Cl)cc3c(=O)c2[C@@H]1c1ccc(O)cc1. The first-order valence-corrected chi connectivity index (χ1v) is 7.67. The maximum atomic E-state index is 13.0. The summed E-state index contributed by atoms with van der Waals surface area (Å²) in [5, 5.41) is 10.2. The molecule has 0 fully saturated rings. The van der Waals surface area contributed by atoms with Crippen LogP contribution in [-0.4, -0.2) is 23.0 Å². The minimum Gasteiger partial charge on any atom is -0.508 e. The first-order valence-electron chi connectivity index (χ1n) is 7.29. The van der Waals surface area contributed by atoms with Gasteiger partial charge in [0.2, 0.25) is 5.76 Å². The van der Waals surface area contributed by atoms with Crippen LogP contribution in [0.5, 0.6) is 5.75 Å². The summed E-state index contributed by atoms with van der Waals surface area (Å²) < 4.78 is 5.70. The Labute approximate surface area is 141 Å². The van der Waals surface area contributed by atoms with Crippen molar-refractivity contribution in [3.8, 4) is 5.75 Å². The van der Waals surface area contributed by atoms with E-state index in [1.807, 2.05) is 0 Å². The molecule has 0 saturated heterocycles. The van der Waals surface area contributed by atoms with Gasteiger partial charge in [0.25, 0.3) is 5.91 Å². The molecular formula is C18H12ClNO4. The number of nitrogens with zero attached hydrogens (tertiary/aromatic N) is 1. The highest BCUT2D eigenvalue weighted by molar-refractivity contribution is 6.31. The van der Waals surface area contributed by atoms with Crippen molar-refractivity contribution >= 4 is 28.5 Å². The third-order valence-electron chi connectivity index (χ3n) is 4.27. The second-order valence-electron chi connectivity index (χ2n) is 5.72. The number of rotatable bonds is 1. The van der Waals surface area contributed by atoms with E-state index in [-0.39, 0.29) is 22.8 Å². The number of halogens is 1. The smallest absolute Gasteiger partial charge is 0.290 e. The highest BCUT2D eigenvalue weighted by Crippen LogP contribution is 2.37. The van der Waals surface area contributed by atoms with Crippen molar-refractivity contribution in [1.82, 2.24) is 4.90 Å². The quantitative estimate of drug-likeness (QED) is 0.737. The van der Waals surface area contributed by atoms with Crippen LogP contribution in [0.1, 0.15) is 27.7 Å². The normalized spacial score (nSPS) is 16.7. The number of hydrogen-bond donors (Lipinski definition) is 1. The molecule has 0 spiro atoms. The molecule has 1 aromatic heterocycles. The minimum absolute atomic E-state index is 0.0513. The monoisotopic (exact) mass is 341 g/mol. The van der Waals surface area contributed by atoms with E-state index >= 15 is 0 Å². The Morgan fingerprint density at radius 1 is 1.12 bits per heavy atom. The molecule has 6 heteroatoms. The van der Waals surface area contributed by atoms with Gasteiger partial charge in [-0.25, -0.2) is 0 Å². The molecule has 2 aromatic carbocycles. The summed E-state index contributed by atoms with van der Waals surface area (Å²) in [6.07, 6.45) is 0. The van der Waals surface area contributed by atoms with E-state index < -0.39 is 6.04 Å². The molecule has 3 aromatic rings. The molecule has 120 valence electrons. The van der Waals surface area contributed by atoms with Gasteiger partial charge in [0.05, 0.1) is 17.0 Å². The summed E-state index contributed by atoms with van der Waals surface area (Å²) >= 11 is 5.98. The molecule has 0 unspecified atom stereocenters. The Bertz CT molecular complexity index is 1040. The largest absolute Gasteiger partial charge is 0.508 e. The Morgan fingerprint density at radius 3 is 2.54 bits per heavy atom. The van der Waals surface area contributed by atoms with Gasteiger partial charge in [0.15, 0.2) is 5.43 Å². The molecule has 5 nitrogen and oxygen atoms in total. The lowest BCUT2D eigenvalue weighted by molar-refractivity contribution is 0.0771. The summed E-state index contributed by atoms with van der Waals surface area (Å²) in [5.74, 6) is -0.185. The summed E-state index contributed by atoms with van der Waals surface area (Å²) in [7, 11) is 1.62. The number of aromatic hydroxyl groups is 1. The van der Waals surface area contributed by atoms with Gasteiger partial charge in [-0.3, -0.25) is 9.59 Å². The van der Waals surface area contributed by atoms with Gasteiger partial charge in [-0.1, -0.05) is 23.7 Å². The van der Waals surface area contributed by atoms with Crippen molar-refractivity contribution in [2.75, 3.05) is 7.05 Å². The summed E-state index contributed by atoms with van der Waals surface area (Å²) in [4.78, 5) is 27.0. The van der Waals surface area contributed by atoms with Gasteiger partial charge in [0, 0.05) is 12.1 Å². The van der Waals surface area contributed by atoms with E-state index in [0.29, 0.717) is 21.6 Å². The molecule has 1 N–H and O–H groups in total. The van der Waals surface area contributed by atoms with Crippen molar-refractivity contribution in [1.29, 1.82) is 0 Å². The van der Waals surface area contributed by atoms with E-state index in [4.69, 9.17) is 16.0 Å². The predicted molar refractivity (Wildman–Crippen MR) is 89.5 cm³/mol. The number of hydrogen-bond acceptors (Lipinski definition) is 4. The van der Waals surface area contributed by atoms with Crippen molar-refractivity contribution in [2.45, 2.75) is 6.04 Å². The average molecular weight is 342 g/mol. The molecule has 1 aliphatic heterocycles. The van der Waals surface area contributed by atoms with Crippen LogP contribution < -0.4 is 5.43 Å². The topological polar surface area (TPSA) is 70.8 Å². The Morgan fingerprint density at radius 2 is 1.83 bits per heavy atom. The number of carbonyl (C=O) groups excluding carboxylic acids is 1. The molecule has 4 rings (SSSR count). The fourth-order valence-electron chi connectivity index (χ4n) is 3.11. The van der Waals surface area contributed by atoms with Crippen LogP contribution in [0, 0.1) is 0 Å². The number of amides is 1. The van der Waals surface area contributed by atoms with Gasteiger partial charge in [-0.15, -0.1) is 0 Å². The first-order chi connectivity index (χ1) is 11.5. The maximum Gasteiger partial charge on any atom is 0.290 e. The molecule has 0 bridgehead atoms. The second kappa shape index (κ2) is 5.11. The number of carbonyl (C=O) groups is 1. The third-order valence-corrected chi connectivity index (χ3v) is 4.51. The number of phenolic OH excluding ortho intramolecular Hbond substituents is 1. The Hall–Kier alpha value is -2.79. The van der Waals surface area contributed by atoms with Crippen LogP contribution >= 0.6 is 11.6 Å². The predicted octanol–water partition coefficient (Wildman–Crippen LogP) is 3.33. The van der Waals surface area contributed by atoms with Crippen LogP contribution in [0.2, 0.25) is 5.02 Å². The fourth-order valence-corrected chi connectivity index (χ4v) is 3.28. The maximum absolute atomic E-state index is 13.0. The van der Waals surface area contributed by atoms with Gasteiger partial charge in [0.1, 0.15) is 11.3 Å². The minimum atomic E-state index is -0.562. The molecule has 1 atom stereocenters. The van der Waals surface area contributed by atoms with E-state index in [0.717, 1.165) is 5.56 Å². The van der Waals surface area contributed by atoms with E-state index in [1.54, 1.807) is 37.4 Å². The van der Waals surface area contributed by atoms with Crippen LogP contribution in [0.4, 0.5) is 0 Å². The van der Waals surface area contributed by atoms with E-state index in [2.05, 4.69) is 0 Å². The van der Waals surface area contributed by atoms with E-state index in [1.165, 1.54) is 17.0 Å². The highest BCUT2D eigenvalue weighted by Gasteiger charge is 2.40. The van der Waals surface area contributed by atoms with Gasteiger partial charge in [-0.2, -0.15) is 0 Å². The summed E-state index contributed by atoms with van der Waals surface area (Å²) in [6.45, 7) is 0. The molecule has 1 amide bonds. The van der Waals surface area contributed by atoms with Crippen LogP contribution in [0.25, 0.3) is 11.0 Å². The summed E-state index contributed by atoms with van der Waals surface area (Å²) in [5.41, 5.74) is 1.07. The van der Waals surface area contributed by atoms with Gasteiger partial charge < -0.3 is 14.4 Å². The lowest BCUT2D eigenvalue weighted by atomic mass is 9.99.